The van der Waals surface area contributed by atoms with Crippen LogP contribution in [0.3, 0.4) is 0 Å². The molecule has 0 aliphatic heterocycles. The quantitative estimate of drug-likeness (QED) is 0.585. The van der Waals surface area contributed by atoms with Crippen LogP contribution in [0.25, 0.3) is 6.08 Å². The summed E-state index contributed by atoms with van der Waals surface area (Å²) < 4.78 is 0. The number of benzene rings is 1. The van der Waals surface area contributed by atoms with Crippen LogP contribution in [-0.2, 0) is 4.79 Å². The van der Waals surface area contributed by atoms with Gasteiger partial charge < -0.3 is 5.11 Å². The van der Waals surface area contributed by atoms with Crippen LogP contribution in [0, 0.1) is 5.41 Å². The van der Waals surface area contributed by atoms with E-state index in [-0.39, 0.29) is 5.57 Å². The molecule has 2 heteroatoms. The van der Waals surface area contributed by atoms with Crippen molar-refractivity contribution in [2.24, 2.45) is 5.41 Å². The average molecular weight is 268 g/mol. The number of carbonyl (C=O) groups is 1. The van der Waals surface area contributed by atoms with Crippen LogP contribution >= 0.6 is 0 Å². The summed E-state index contributed by atoms with van der Waals surface area (Å²) in [7, 11) is 0. The third-order valence-corrected chi connectivity index (χ3v) is 3.31. The van der Waals surface area contributed by atoms with E-state index in [9.17, 15) is 9.90 Å². The predicted molar refractivity (Wildman–Crippen MR) is 84.3 cm³/mol. The molecule has 104 valence electrons. The Hall–Kier alpha value is -2.35. The van der Waals surface area contributed by atoms with Gasteiger partial charge in [-0.15, -0.1) is 0 Å². The van der Waals surface area contributed by atoms with Gasteiger partial charge in [-0.25, -0.2) is 4.79 Å². The first-order valence-electron chi connectivity index (χ1n) is 6.53. The van der Waals surface area contributed by atoms with E-state index in [1.165, 1.54) is 0 Å². The lowest BCUT2D eigenvalue weighted by molar-refractivity contribution is -0.133. The van der Waals surface area contributed by atoms with Crippen LogP contribution in [0.2, 0.25) is 0 Å². The Morgan fingerprint density at radius 2 is 1.95 bits per heavy atom. The molecule has 0 aliphatic carbocycles. The highest BCUT2D eigenvalue weighted by atomic mass is 16.4. The van der Waals surface area contributed by atoms with Crippen LogP contribution in [0.15, 0.2) is 73.4 Å². The van der Waals surface area contributed by atoms with Crippen LogP contribution in [-0.4, -0.2) is 11.1 Å². The van der Waals surface area contributed by atoms with Gasteiger partial charge in [-0.2, -0.15) is 0 Å². The van der Waals surface area contributed by atoms with Gasteiger partial charge in [0.05, 0.1) is 0 Å². The summed E-state index contributed by atoms with van der Waals surface area (Å²) in [5, 5.41) is 9.25. The molecule has 2 nitrogen and oxygen atoms in total. The monoisotopic (exact) mass is 268 g/mol. The van der Waals surface area contributed by atoms with E-state index in [4.69, 9.17) is 0 Å². The third-order valence-electron chi connectivity index (χ3n) is 3.31. The minimum atomic E-state index is -0.988. The van der Waals surface area contributed by atoms with Gasteiger partial charge in [-0.1, -0.05) is 80.8 Å². The number of hydrogen-bond donors (Lipinski definition) is 1. The molecule has 1 unspecified atom stereocenters. The van der Waals surface area contributed by atoms with Crippen molar-refractivity contribution in [2.75, 3.05) is 0 Å². The summed E-state index contributed by atoms with van der Waals surface area (Å²) in [5.41, 5.74) is 0.483. The fraction of sp³-hybridized carbons (Fsp3) is 0.167. The van der Waals surface area contributed by atoms with Crippen LogP contribution in [0.5, 0.6) is 0 Å². The maximum atomic E-state index is 11.3. The molecule has 1 aromatic carbocycles. The standard InChI is InChI=1S/C18H20O2/c1-4-6-13-18(5-2,15(3)17(19)20)14-12-16-10-8-7-9-11-16/h4,6-14H,1,3,5H2,2H3,(H,19,20). The molecule has 0 aromatic heterocycles. The normalized spacial score (nSPS) is 14.2. The number of carboxylic acids is 1. The van der Waals surface area contributed by atoms with E-state index < -0.39 is 11.4 Å². The molecule has 0 saturated heterocycles. The molecule has 1 rings (SSSR count). The van der Waals surface area contributed by atoms with Crippen molar-refractivity contribution in [3.05, 3.63) is 78.9 Å². The van der Waals surface area contributed by atoms with E-state index in [2.05, 4.69) is 13.2 Å². The molecule has 0 amide bonds. The van der Waals surface area contributed by atoms with Gasteiger partial charge in [0.1, 0.15) is 0 Å². The first-order chi connectivity index (χ1) is 9.55. The molecule has 0 radical (unpaired) electrons. The molecule has 0 bridgehead atoms. The lowest BCUT2D eigenvalue weighted by atomic mass is 9.77. The van der Waals surface area contributed by atoms with Crippen LogP contribution in [0.4, 0.5) is 0 Å². The van der Waals surface area contributed by atoms with Gasteiger partial charge in [-0.3, -0.25) is 0 Å². The molecule has 1 N–H and O–H groups in total. The zero-order chi connectivity index (χ0) is 15.0. The van der Waals surface area contributed by atoms with Crippen molar-refractivity contribution in [3.8, 4) is 0 Å². The molecule has 1 aromatic rings. The topological polar surface area (TPSA) is 37.3 Å². The zero-order valence-corrected chi connectivity index (χ0v) is 11.8. The highest BCUT2D eigenvalue weighted by Gasteiger charge is 2.29. The Bertz CT molecular complexity index is 538. The zero-order valence-electron chi connectivity index (χ0n) is 11.8. The average Bonchev–Trinajstić information content (AvgIpc) is 2.48. The molecule has 20 heavy (non-hydrogen) atoms. The molecular weight excluding hydrogens is 248 g/mol. The van der Waals surface area contributed by atoms with Gasteiger partial charge >= 0.3 is 5.97 Å². The van der Waals surface area contributed by atoms with E-state index in [0.717, 1.165) is 5.56 Å². The minimum Gasteiger partial charge on any atom is -0.478 e. The van der Waals surface area contributed by atoms with Crippen molar-refractivity contribution in [2.45, 2.75) is 13.3 Å². The van der Waals surface area contributed by atoms with Gasteiger partial charge in [0, 0.05) is 11.0 Å². The van der Waals surface area contributed by atoms with Gasteiger partial charge in [0.15, 0.2) is 0 Å². The first kappa shape index (κ1) is 15.7. The Morgan fingerprint density at radius 3 is 2.45 bits per heavy atom. The van der Waals surface area contributed by atoms with Crippen molar-refractivity contribution >= 4 is 12.0 Å². The van der Waals surface area contributed by atoms with Crippen molar-refractivity contribution in [3.63, 3.8) is 0 Å². The van der Waals surface area contributed by atoms with Gasteiger partial charge in [0.25, 0.3) is 0 Å². The van der Waals surface area contributed by atoms with Gasteiger partial charge in [-0.05, 0) is 12.0 Å². The number of allylic oxidation sites excluding steroid dienone is 4. The summed E-state index contributed by atoms with van der Waals surface area (Å²) in [6, 6.07) is 9.77. The summed E-state index contributed by atoms with van der Waals surface area (Å²) in [5.74, 6) is -0.988. The van der Waals surface area contributed by atoms with Crippen LogP contribution in [0.1, 0.15) is 18.9 Å². The second-order valence-electron chi connectivity index (χ2n) is 4.52. The minimum absolute atomic E-state index is 0.158. The lowest BCUT2D eigenvalue weighted by Gasteiger charge is -2.26. The molecule has 0 aliphatic rings. The van der Waals surface area contributed by atoms with E-state index >= 15 is 0 Å². The van der Waals surface area contributed by atoms with Crippen molar-refractivity contribution in [1.82, 2.24) is 0 Å². The highest BCUT2D eigenvalue weighted by Crippen LogP contribution is 2.35. The SMILES string of the molecule is C=CC=CC(C=Cc1ccccc1)(CC)C(=C)C(=O)O. The summed E-state index contributed by atoms with van der Waals surface area (Å²) in [6.45, 7) is 9.30. The smallest absolute Gasteiger partial charge is 0.332 e. The Kier molecular flexibility index (Phi) is 5.73. The van der Waals surface area contributed by atoms with E-state index in [1.807, 2.05) is 55.5 Å². The number of rotatable bonds is 7. The summed E-state index contributed by atoms with van der Waals surface area (Å²) in [6.07, 6.45) is 9.65. The Morgan fingerprint density at radius 1 is 1.30 bits per heavy atom. The van der Waals surface area contributed by atoms with Crippen LogP contribution < -0.4 is 0 Å². The second-order valence-corrected chi connectivity index (χ2v) is 4.52. The molecule has 1 atom stereocenters. The molecule has 0 fully saturated rings. The second kappa shape index (κ2) is 7.29. The van der Waals surface area contributed by atoms with Crippen molar-refractivity contribution in [1.29, 1.82) is 0 Å². The maximum Gasteiger partial charge on any atom is 0.332 e. The molecule has 0 spiro atoms. The predicted octanol–water partition coefficient (Wildman–Crippen LogP) is 4.48. The summed E-state index contributed by atoms with van der Waals surface area (Å²) in [4.78, 5) is 11.3. The highest BCUT2D eigenvalue weighted by molar-refractivity contribution is 5.89. The van der Waals surface area contributed by atoms with Gasteiger partial charge in [0.2, 0.25) is 0 Å². The summed E-state index contributed by atoms with van der Waals surface area (Å²) >= 11 is 0. The molecule has 0 saturated carbocycles. The fourth-order valence-corrected chi connectivity index (χ4v) is 1.95. The third kappa shape index (κ3) is 3.82. The Balaban J connectivity index is 3.19. The number of hydrogen-bond acceptors (Lipinski definition) is 1. The van der Waals surface area contributed by atoms with E-state index in [1.54, 1.807) is 12.2 Å². The molecule has 0 heterocycles. The number of carboxylic acid groups (broad SMARTS) is 1. The Labute approximate surface area is 120 Å². The largest absolute Gasteiger partial charge is 0.478 e. The first-order valence-corrected chi connectivity index (χ1v) is 6.53. The lowest BCUT2D eigenvalue weighted by Crippen LogP contribution is -2.22. The van der Waals surface area contributed by atoms with E-state index in [0.29, 0.717) is 6.42 Å². The molecular formula is C18H20O2. The maximum absolute atomic E-state index is 11.3. The van der Waals surface area contributed by atoms with Crippen molar-refractivity contribution < 1.29 is 9.90 Å². The fourth-order valence-electron chi connectivity index (χ4n) is 1.95. The number of aliphatic carboxylic acids is 1.